The lowest BCUT2D eigenvalue weighted by molar-refractivity contribution is 0.0948. The molecule has 1 fully saturated rings. The second-order valence-electron chi connectivity index (χ2n) is 5.05. The van der Waals surface area contributed by atoms with Gasteiger partial charge in [0.2, 0.25) is 0 Å². The second kappa shape index (κ2) is 5.90. The van der Waals surface area contributed by atoms with E-state index < -0.39 is 0 Å². The molecular formula is C16H19NO2. The van der Waals surface area contributed by atoms with Crippen LogP contribution in [0.5, 0.6) is 0 Å². The summed E-state index contributed by atoms with van der Waals surface area (Å²) in [5, 5.41) is 11.7. The zero-order valence-corrected chi connectivity index (χ0v) is 11.4. The summed E-state index contributed by atoms with van der Waals surface area (Å²) in [7, 11) is 0. The third kappa shape index (κ3) is 3.36. The highest BCUT2D eigenvalue weighted by molar-refractivity contribution is 5.96. The molecule has 1 saturated carbocycles. The first-order valence-corrected chi connectivity index (χ1v) is 6.63. The van der Waals surface area contributed by atoms with Crippen LogP contribution < -0.4 is 5.32 Å². The van der Waals surface area contributed by atoms with Crippen molar-refractivity contribution in [3.8, 4) is 11.8 Å². The average molecular weight is 257 g/mol. The van der Waals surface area contributed by atoms with E-state index in [-0.39, 0.29) is 12.5 Å². The fourth-order valence-corrected chi connectivity index (χ4v) is 2.00. The molecule has 1 amide bonds. The summed E-state index contributed by atoms with van der Waals surface area (Å²) in [4.78, 5) is 12.1. The Labute approximate surface area is 114 Å². The predicted octanol–water partition coefficient (Wildman–Crippen LogP) is 1.87. The van der Waals surface area contributed by atoms with Gasteiger partial charge in [0.15, 0.2) is 0 Å². The molecule has 2 rings (SSSR count). The van der Waals surface area contributed by atoms with Gasteiger partial charge in [-0.05, 0) is 37.0 Å². The van der Waals surface area contributed by atoms with Gasteiger partial charge in [-0.1, -0.05) is 24.8 Å². The van der Waals surface area contributed by atoms with Gasteiger partial charge >= 0.3 is 0 Å². The zero-order valence-electron chi connectivity index (χ0n) is 11.4. The molecule has 0 bridgehead atoms. The number of aliphatic hydroxyl groups is 1. The van der Waals surface area contributed by atoms with Crippen LogP contribution in [-0.4, -0.2) is 23.7 Å². The minimum Gasteiger partial charge on any atom is -0.395 e. The molecule has 0 heterocycles. The predicted molar refractivity (Wildman–Crippen MR) is 74.8 cm³/mol. The molecule has 0 saturated heterocycles. The molecule has 2 N–H and O–H groups in total. The normalized spacial score (nSPS) is 20.4. The molecule has 1 aliphatic carbocycles. The molecule has 19 heavy (non-hydrogen) atoms. The topological polar surface area (TPSA) is 49.3 Å². The maximum atomic E-state index is 12.1. The van der Waals surface area contributed by atoms with Crippen molar-refractivity contribution in [3.05, 3.63) is 34.9 Å². The van der Waals surface area contributed by atoms with E-state index in [4.69, 9.17) is 5.11 Å². The average Bonchev–Trinajstić information content (AvgIpc) is 3.07. The van der Waals surface area contributed by atoms with Crippen LogP contribution in [0.25, 0.3) is 0 Å². The largest absolute Gasteiger partial charge is 0.395 e. The molecule has 0 aromatic heterocycles. The van der Waals surface area contributed by atoms with E-state index in [2.05, 4.69) is 24.1 Å². The van der Waals surface area contributed by atoms with Crippen molar-refractivity contribution < 1.29 is 9.90 Å². The number of carbonyl (C=O) groups is 1. The van der Waals surface area contributed by atoms with E-state index >= 15 is 0 Å². The maximum Gasteiger partial charge on any atom is 0.251 e. The van der Waals surface area contributed by atoms with Gasteiger partial charge in [-0.3, -0.25) is 4.79 Å². The van der Waals surface area contributed by atoms with Crippen molar-refractivity contribution in [3.63, 3.8) is 0 Å². The van der Waals surface area contributed by atoms with Crippen LogP contribution in [0.1, 0.15) is 41.3 Å². The Kier molecular flexibility index (Phi) is 4.24. The molecule has 1 aromatic carbocycles. The lowest BCUT2D eigenvalue weighted by Crippen LogP contribution is -2.27. The summed E-state index contributed by atoms with van der Waals surface area (Å²) in [6.07, 6.45) is 1.52. The molecule has 1 aliphatic rings. The molecule has 0 spiro atoms. The minimum absolute atomic E-state index is 0.0161. The smallest absolute Gasteiger partial charge is 0.251 e. The Bertz CT molecular complexity index is 539. The first-order chi connectivity index (χ1) is 9.13. The fraction of sp³-hybridized carbons (Fsp3) is 0.438. The molecule has 3 heteroatoms. The third-order valence-corrected chi connectivity index (χ3v) is 3.46. The number of hydrogen-bond donors (Lipinski definition) is 2. The van der Waals surface area contributed by atoms with E-state index in [1.165, 1.54) is 0 Å². The molecule has 1 aromatic rings. The van der Waals surface area contributed by atoms with Crippen molar-refractivity contribution >= 4 is 5.91 Å². The van der Waals surface area contributed by atoms with E-state index in [9.17, 15) is 4.79 Å². The maximum absolute atomic E-state index is 12.1. The highest BCUT2D eigenvalue weighted by Gasteiger charge is 2.34. The van der Waals surface area contributed by atoms with Crippen molar-refractivity contribution in [1.82, 2.24) is 5.32 Å². The first-order valence-electron chi connectivity index (χ1n) is 6.63. The van der Waals surface area contributed by atoms with Crippen molar-refractivity contribution in [2.75, 3.05) is 6.61 Å². The Balaban J connectivity index is 2.15. The number of aliphatic hydroxyl groups excluding tert-OH is 1. The van der Waals surface area contributed by atoms with E-state index in [1.54, 1.807) is 0 Å². The first kappa shape index (κ1) is 13.6. The van der Waals surface area contributed by atoms with Crippen LogP contribution in [0.2, 0.25) is 0 Å². The summed E-state index contributed by atoms with van der Waals surface area (Å²) in [6, 6.07) is 5.91. The van der Waals surface area contributed by atoms with E-state index in [1.807, 2.05) is 25.1 Å². The number of nitrogens with one attached hydrogen (secondary N) is 1. The van der Waals surface area contributed by atoms with Crippen LogP contribution in [0.3, 0.4) is 0 Å². The van der Waals surface area contributed by atoms with Gasteiger partial charge < -0.3 is 10.4 Å². The van der Waals surface area contributed by atoms with E-state index in [0.717, 1.165) is 17.5 Å². The SMILES string of the molecule is Cc1c(C#CCCO)cccc1C(=O)NC1CC1C. The van der Waals surface area contributed by atoms with Crippen LogP contribution in [0, 0.1) is 24.7 Å². The van der Waals surface area contributed by atoms with Crippen molar-refractivity contribution in [1.29, 1.82) is 0 Å². The number of carbonyl (C=O) groups excluding carboxylic acids is 1. The number of benzene rings is 1. The van der Waals surface area contributed by atoms with Gasteiger partial charge in [-0.2, -0.15) is 0 Å². The standard InChI is InChI=1S/C16H19NO2/c1-11-10-15(11)17-16(19)14-8-5-7-13(12(14)2)6-3-4-9-18/h5,7-8,11,15,18H,4,9-10H2,1-2H3,(H,17,19). The van der Waals surface area contributed by atoms with Crippen molar-refractivity contribution in [2.24, 2.45) is 5.92 Å². The molecule has 3 nitrogen and oxygen atoms in total. The van der Waals surface area contributed by atoms with Crippen LogP contribution in [0.15, 0.2) is 18.2 Å². The summed E-state index contributed by atoms with van der Waals surface area (Å²) in [5.74, 6) is 6.46. The van der Waals surface area contributed by atoms with Gasteiger partial charge in [0, 0.05) is 23.6 Å². The Morgan fingerprint density at radius 1 is 1.53 bits per heavy atom. The molecule has 0 radical (unpaired) electrons. The molecule has 100 valence electrons. The lowest BCUT2D eigenvalue weighted by Gasteiger charge is -2.08. The van der Waals surface area contributed by atoms with Gasteiger partial charge in [0.1, 0.15) is 0 Å². The Hall–Kier alpha value is -1.79. The molecule has 0 aliphatic heterocycles. The summed E-state index contributed by atoms with van der Waals surface area (Å²) < 4.78 is 0. The minimum atomic E-state index is -0.0161. The zero-order chi connectivity index (χ0) is 13.8. The lowest BCUT2D eigenvalue weighted by atomic mass is 10.0. The number of amides is 1. The van der Waals surface area contributed by atoms with Crippen LogP contribution >= 0.6 is 0 Å². The van der Waals surface area contributed by atoms with Gasteiger partial charge in [-0.25, -0.2) is 0 Å². The van der Waals surface area contributed by atoms with Gasteiger partial charge in [0.25, 0.3) is 5.91 Å². The molecule has 2 unspecified atom stereocenters. The second-order valence-corrected chi connectivity index (χ2v) is 5.05. The number of hydrogen-bond acceptors (Lipinski definition) is 2. The number of rotatable bonds is 3. The third-order valence-electron chi connectivity index (χ3n) is 3.46. The van der Waals surface area contributed by atoms with E-state index in [0.29, 0.717) is 23.9 Å². The summed E-state index contributed by atoms with van der Waals surface area (Å²) >= 11 is 0. The van der Waals surface area contributed by atoms with Crippen LogP contribution in [0.4, 0.5) is 0 Å². The quantitative estimate of drug-likeness (QED) is 0.812. The highest BCUT2D eigenvalue weighted by atomic mass is 16.2. The fourth-order valence-electron chi connectivity index (χ4n) is 2.00. The van der Waals surface area contributed by atoms with Crippen molar-refractivity contribution in [2.45, 2.75) is 32.7 Å². The van der Waals surface area contributed by atoms with Gasteiger partial charge in [-0.15, -0.1) is 0 Å². The molecular weight excluding hydrogens is 238 g/mol. The monoisotopic (exact) mass is 257 g/mol. The Morgan fingerprint density at radius 3 is 2.89 bits per heavy atom. The van der Waals surface area contributed by atoms with Gasteiger partial charge in [0.05, 0.1) is 6.61 Å². The summed E-state index contributed by atoms with van der Waals surface area (Å²) in [5.41, 5.74) is 2.44. The molecule has 2 atom stereocenters. The summed E-state index contributed by atoms with van der Waals surface area (Å²) in [6.45, 7) is 4.11. The highest BCUT2D eigenvalue weighted by Crippen LogP contribution is 2.29. The van der Waals surface area contributed by atoms with Crippen LogP contribution in [-0.2, 0) is 0 Å². The Morgan fingerprint density at radius 2 is 2.26 bits per heavy atom.